The number of thioether (sulfide) groups is 1. The third-order valence-corrected chi connectivity index (χ3v) is 5.82. The van der Waals surface area contributed by atoms with Crippen molar-refractivity contribution in [2.45, 2.75) is 43.4 Å². The maximum atomic E-state index is 11.9. The number of amides is 3. The first-order chi connectivity index (χ1) is 10.5. The predicted molar refractivity (Wildman–Crippen MR) is 87.2 cm³/mol. The zero-order valence-corrected chi connectivity index (χ0v) is 13.9. The van der Waals surface area contributed by atoms with Crippen LogP contribution in [0.25, 0.3) is 10.2 Å². The molecule has 1 aliphatic carbocycles. The average molecular weight is 336 g/mol. The van der Waals surface area contributed by atoms with Crippen molar-refractivity contribution >= 4 is 45.3 Å². The van der Waals surface area contributed by atoms with E-state index in [1.807, 2.05) is 6.92 Å². The van der Waals surface area contributed by atoms with Crippen LogP contribution in [0.1, 0.15) is 29.6 Å². The fourth-order valence-electron chi connectivity index (χ4n) is 2.59. The Morgan fingerprint density at radius 3 is 2.86 bits per heavy atom. The number of primary amides is 1. The van der Waals surface area contributed by atoms with Crippen molar-refractivity contribution in [1.29, 1.82) is 0 Å². The van der Waals surface area contributed by atoms with Gasteiger partial charge in [0.05, 0.1) is 5.25 Å². The molecule has 6 nitrogen and oxygen atoms in total. The second kappa shape index (κ2) is 5.85. The van der Waals surface area contributed by atoms with Crippen LogP contribution in [0.4, 0.5) is 4.79 Å². The van der Waals surface area contributed by atoms with Crippen molar-refractivity contribution < 1.29 is 9.59 Å². The van der Waals surface area contributed by atoms with Gasteiger partial charge in [-0.25, -0.2) is 14.8 Å². The normalized spacial score (nSPS) is 14.8. The average Bonchev–Trinajstić information content (AvgIpc) is 2.97. The number of nitrogens with zero attached hydrogens (tertiary/aromatic N) is 2. The minimum Gasteiger partial charge on any atom is -0.351 e. The Bertz CT molecular complexity index is 772. The van der Waals surface area contributed by atoms with E-state index in [9.17, 15) is 9.59 Å². The van der Waals surface area contributed by atoms with Gasteiger partial charge in [-0.2, -0.15) is 0 Å². The Hall–Kier alpha value is -1.67. The van der Waals surface area contributed by atoms with Crippen LogP contribution in [0.2, 0.25) is 0 Å². The van der Waals surface area contributed by atoms with Crippen molar-refractivity contribution in [2.24, 2.45) is 5.73 Å². The standard InChI is InChI=1S/C14H16N4O2S2/c1-6(11(19)18-14(15)20)21-12-10-8-4-3-5-9(8)22-13(10)17-7(2)16-12/h6H,3-5H2,1-2H3,(H3,15,18,19,20)/t6-/m1/s1. The number of aromatic nitrogens is 2. The van der Waals surface area contributed by atoms with E-state index in [2.05, 4.69) is 15.3 Å². The van der Waals surface area contributed by atoms with Crippen LogP contribution in [-0.2, 0) is 17.6 Å². The van der Waals surface area contributed by atoms with Gasteiger partial charge < -0.3 is 5.73 Å². The number of hydrogen-bond acceptors (Lipinski definition) is 6. The second-order valence-corrected chi connectivity index (χ2v) is 7.64. The summed E-state index contributed by atoms with van der Waals surface area (Å²) in [5.41, 5.74) is 6.32. The summed E-state index contributed by atoms with van der Waals surface area (Å²) in [6.07, 6.45) is 3.29. The third kappa shape index (κ3) is 2.80. The first-order valence-electron chi connectivity index (χ1n) is 7.01. The molecule has 0 aliphatic heterocycles. The predicted octanol–water partition coefficient (Wildman–Crippen LogP) is 2.16. The highest BCUT2D eigenvalue weighted by Crippen LogP contribution is 2.41. The first-order valence-corrected chi connectivity index (χ1v) is 8.71. The molecule has 0 spiro atoms. The van der Waals surface area contributed by atoms with Crippen molar-refractivity contribution in [1.82, 2.24) is 15.3 Å². The summed E-state index contributed by atoms with van der Waals surface area (Å²) >= 11 is 3.07. The molecule has 22 heavy (non-hydrogen) atoms. The monoisotopic (exact) mass is 336 g/mol. The van der Waals surface area contributed by atoms with Gasteiger partial charge in [0.2, 0.25) is 5.91 Å². The fraction of sp³-hybridized carbons (Fsp3) is 0.429. The number of carbonyl (C=O) groups is 2. The minimum atomic E-state index is -0.835. The van der Waals surface area contributed by atoms with Gasteiger partial charge in [-0.1, -0.05) is 11.8 Å². The zero-order valence-electron chi connectivity index (χ0n) is 12.3. The van der Waals surface area contributed by atoms with E-state index in [0.717, 1.165) is 34.5 Å². The molecule has 3 rings (SSSR count). The van der Waals surface area contributed by atoms with Crippen molar-refractivity contribution in [2.75, 3.05) is 0 Å². The molecule has 2 heterocycles. The zero-order chi connectivity index (χ0) is 15.9. The van der Waals surface area contributed by atoms with E-state index in [1.54, 1.807) is 18.3 Å². The van der Waals surface area contributed by atoms with Gasteiger partial charge in [0.25, 0.3) is 0 Å². The molecule has 116 valence electrons. The molecule has 2 aromatic rings. The van der Waals surface area contributed by atoms with Crippen LogP contribution >= 0.6 is 23.1 Å². The summed E-state index contributed by atoms with van der Waals surface area (Å²) < 4.78 is 0. The number of urea groups is 1. The number of fused-ring (bicyclic) bond motifs is 3. The topological polar surface area (TPSA) is 98.0 Å². The van der Waals surface area contributed by atoms with E-state index in [4.69, 9.17) is 5.73 Å². The number of aryl methyl sites for hydroxylation is 3. The van der Waals surface area contributed by atoms with Crippen LogP contribution in [0.15, 0.2) is 5.03 Å². The van der Waals surface area contributed by atoms with Crippen molar-refractivity contribution in [3.05, 3.63) is 16.3 Å². The lowest BCUT2D eigenvalue weighted by molar-refractivity contribution is -0.119. The number of nitrogens with two attached hydrogens (primary N) is 1. The van der Waals surface area contributed by atoms with Crippen molar-refractivity contribution in [3.63, 3.8) is 0 Å². The fourth-order valence-corrected chi connectivity index (χ4v) is 4.99. The summed E-state index contributed by atoms with van der Waals surface area (Å²) in [7, 11) is 0. The Balaban J connectivity index is 1.96. The molecule has 0 aromatic carbocycles. The molecule has 0 saturated heterocycles. The summed E-state index contributed by atoms with van der Waals surface area (Å²) in [4.78, 5) is 34.1. The SMILES string of the molecule is Cc1nc(S[C@H](C)C(=O)NC(N)=O)c2c3c(sc2n1)CCC3. The number of hydrogen-bond donors (Lipinski definition) is 2. The Kier molecular flexibility index (Phi) is 4.05. The van der Waals surface area contributed by atoms with Gasteiger partial charge in [0.15, 0.2) is 0 Å². The number of imide groups is 1. The number of nitrogens with one attached hydrogen (secondary N) is 1. The van der Waals surface area contributed by atoms with Crippen LogP contribution in [-0.4, -0.2) is 27.2 Å². The molecule has 1 atom stereocenters. The lowest BCUT2D eigenvalue weighted by Crippen LogP contribution is -2.39. The quantitative estimate of drug-likeness (QED) is 0.661. The Labute approximate surface area is 135 Å². The summed E-state index contributed by atoms with van der Waals surface area (Å²) in [6, 6.07) is -0.835. The maximum absolute atomic E-state index is 11.9. The van der Waals surface area contributed by atoms with Crippen LogP contribution in [0, 0.1) is 6.92 Å². The van der Waals surface area contributed by atoms with Crippen LogP contribution in [0.5, 0.6) is 0 Å². The van der Waals surface area contributed by atoms with Crippen molar-refractivity contribution in [3.8, 4) is 0 Å². The first kappa shape index (κ1) is 15.2. The summed E-state index contributed by atoms with van der Waals surface area (Å²) in [5, 5.41) is 3.54. The smallest absolute Gasteiger partial charge is 0.318 e. The molecular formula is C14H16N4O2S2. The van der Waals surface area contributed by atoms with Gasteiger partial charge in [-0.05, 0) is 38.7 Å². The highest BCUT2D eigenvalue weighted by atomic mass is 32.2. The number of rotatable bonds is 3. The largest absolute Gasteiger partial charge is 0.351 e. The highest BCUT2D eigenvalue weighted by Gasteiger charge is 2.24. The number of carbonyl (C=O) groups excluding carboxylic acids is 2. The molecule has 2 aromatic heterocycles. The lowest BCUT2D eigenvalue weighted by Gasteiger charge is -2.11. The molecule has 3 amide bonds. The Morgan fingerprint density at radius 2 is 2.14 bits per heavy atom. The van der Waals surface area contributed by atoms with Crippen LogP contribution in [0.3, 0.4) is 0 Å². The molecule has 1 aliphatic rings. The number of thiophene rings is 1. The molecular weight excluding hydrogens is 320 g/mol. The van der Waals surface area contributed by atoms with Gasteiger partial charge in [-0.15, -0.1) is 11.3 Å². The maximum Gasteiger partial charge on any atom is 0.318 e. The van der Waals surface area contributed by atoms with Gasteiger partial charge in [0.1, 0.15) is 15.7 Å². The Morgan fingerprint density at radius 1 is 1.36 bits per heavy atom. The summed E-state index contributed by atoms with van der Waals surface area (Å²) in [6.45, 7) is 3.58. The van der Waals surface area contributed by atoms with Gasteiger partial charge in [0, 0.05) is 10.3 Å². The highest BCUT2D eigenvalue weighted by molar-refractivity contribution is 8.00. The molecule has 3 N–H and O–H groups in total. The molecule has 0 unspecified atom stereocenters. The molecule has 0 saturated carbocycles. The van der Waals surface area contributed by atoms with E-state index >= 15 is 0 Å². The summed E-state index contributed by atoms with van der Waals surface area (Å²) in [5.74, 6) is 0.284. The van der Waals surface area contributed by atoms with E-state index < -0.39 is 17.2 Å². The molecule has 8 heteroatoms. The minimum absolute atomic E-state index is 0.409. The van der Waals surface area contributed by atoms with Gasteiger partial charge >= 0.3 is 6.03 Å². The van der Waals surface area contributed by atoms with Crippen LogP contribution < -0.4 is 11.1 Å². The molecule has 0 radical (unpaired) electrons. The molecule has 0 bridgehead atoms. The van der Waals surface area contributed by atoms with E-state index in [-0.39, 0.29) is 0 Å². The van der Waals surface area contributed by atoms with E-state index in [1.165, 1.54) is 22.2 Å². The lowest BCUT2D eigenvalue weighted by atomic mass is 10.2. The molecule has 0 fully saturated rings. The second-order valence-electron chi connectivity index (χ2n) is 5.23. The van der Waals surface area contributed by atoms with Gasteiger partial charge in [-0.3, -0.25) is 10.1 Å². The van der Waals surface area contributed by atoms with E-state index in [0.29, 0.717) is 5.82 Å². The third-order valence-electron chi connectivity index (χ3n) is 3.55.